The summed E-state index contributed by atoms with van der Waals surface area (Å²) in [6.45, 7) is 3.05. The van der Waals surface area contributed by atoms with Crippen LogP contribution in [0, 0.1) is 12.7 Å². The van der Waals surface area contributed by atoms with Gasteiger partial charge in [0.2, 0.25) is 0 Å². The van der Waals surface area contributed by atoms with Crippen LogP contribution >= 0.6 is 0 Å². The normalized spacial score (nSPS) is 22.2. The summed E-state index contributed by atoms with van der Waals surface area (Å²) in [6, 6.07) is 12.4. The topological polar surface area (TPSA) is 69.7 Å². The van der Waals surface area contributed by atoms with Crippen LogP contribution in [0.2, 0.25) is 0 Å². The zero-order valence-corrected chi connectivity index (χ0v) is 16.7. The van der Waals surface area contributed by atoms with Crippen LogP contribution in [0.4, 0.5) is 4.39 Å². The Morgan fingerprint density at radius 3 is 2.57 bits per heavy atom. The Balaban J connectivity index is 1.86. The van der Waals surface area contributed by atoms with E-state index in [0.29, 0.717) is 24.8 Å². The van der Waals surface area contributed by atoms with Crippen LogP contribution in [0.5, 0.6) is 0 Å². The fourth-order valence-electron chi connectivity index (χ4n) is 3.67. The summed E-state index contributed by atoms with van der Waals surface area (Å²) in [4.78, 5) is 11.4. The van der Waals surface area contributed by atoms with Gasteiger partial charge in [-0.1, -0.05) is 29.8 Å². The number of halogens is 1. The number of esters is 1. The largest absolute Gasteiger partial charge is 0.463 e. The Labute approximate surface area is 164 Å². The second-order valence-electron chi connectivity index (χ2n) is 7.29. The maximum Gasteiger partial charge on any atom is 0.302 e. The van der Waals surface area contributed by atoms with Gasteiger partial charge in [0.25, 0.3) is 10.1 Å². The van der Waals surface area contributed by atoms with Crippen molar-refractivity contribution in [2.45, 2.75) is 49.5 Å². The Hall–Kier alpha value is -2.25. The first-order chi connectivity index (χ1) is 13.2. The summed E-state index contributed by atoms with van der Waals surface area (Å²) in [5.41, 5.74) is 0.830. The molecule has 0 amide bonds. The molecule has 2 aromatic carbocycles. The molecule has 3 rings (SSSR count). The molecular formula is C21H23FO5S. The van der Waals surface area contributed by atoms with E-state index >= 15 is 0 Å². The van der Waals surface area contributed by atoms with Gasteiger partial charge in [0.1, 0.15) is 11.9 Å². The summed E-state index contributed by atoms with van der Waals surface area (Å²) < 4.78 is 49.8. The van der Waals surface area contributed by atoms with Crippen LogP contribution in [-0.2, 0) is 29.2 Å². The Morgan fingerprint density at radius 2 is 1.93 bits per heavy atom. The maximum absolute atomic E-state index is 13.8. The minimum absolute atomic E-state index is 0.0713. The van der Waals surface area contributed by atoms with Crippen molar-refractivity contribution in [3.05, 3.63) is 65.5 Å². The zero-order chi connectivity index (χ0) is 20.4. The molecule has 2 aromatic rings. The van der Waals surface area contributed by atoms with Gasteiger partial charge in [0, 0.05) is 12.3 Å². The van der Waals surface area contributed by atoms with Crippen molar-refractivity contribution in [2.75, 3.05) is 6.61 Å². The van der Waals surface area contributed by atoms with Crippen LogP contribution in [-0.4, -0.2) is 27.1 Å². The van der Waals surface area contributed by atoms with Gasteiger partial charge in [-0.05, 0) is 56.0 Å². The van der Waals surface area contributed by atoms with E-state index in [1.807, 2.05) is 6.92 Å². The molecule has 0 spiro atoms. The number of carbonyl (C=O) groups excluding carboxylic acids is 1. The molecule has 0 heterocycles. The van der Waals surface area contributed by atoms with Gasteiger partial charge in [0.05, 0.1) is 11.5 Å². The molecule has 0 bridgehead atoms. The molecule has 1 saturated carbocycles. The highest BCUT2D eigenvalue weighted by molar-refractivity contribution is 7.86. The molecule has 1 unspecified atom stereocenters. The standard InChI is InChI=1S/C21H23FO5S/c1-15-6-8-20(9-7-15)28(24,25)26-14-21(17-4-3-5-18(22)12-17)11-10-19(13-21)27-16(2)23/h3-9,12,19H,10-11,13-14H2,1-2H3/t19?,21-/m1/s1. The number of hydrogen-bond acceptors (Lipinski definition) is 5. The van der Waals surface area contributed by atoms with E-state index in [0.717, 1.165) is 5.56 Å². The lowest BCUT2D eigenvalue weighted by Crippen LogP contribution is -2.32. The molecule has 5 nitrogen and oxygen atoms in total. The van der Waals surface area contributed by atoms with Crippen molar-refractivity contribution in [3.63, 3.8) is 0 Å². The Bertz CT molecular complexity index is 955. The lowest BCUT2D eigenvalue weighted by molar-refractivity contribution is -0.146. The smallest absolute Gasteiger partial charge is 0.302 e. The first kappa shape index (κ1) is 20.5. The molecule has 28 heavy (non-hydrogen) atoms. The highest BCUT2D eigenvalue weighted by Crippen LogP contribution is 2.43. The molecule has 1 fully saturated rings. The van der Waals surface area contributed by atoms with Gasteiger partial charge >= 0.3 is 5.97 Å². The van der Waals surface area contributed by atoms with Crippen molar-refractivity contribution in [1.82, 2.24) is 0 Å². The predicted molar refractivity (Wildman–Crippen MR) is 102 cm³/mol. The monoisotopic (exact) mass is 406 g/mol. The van der Waals surface area contributed by atoms with E-state index in [9.17, 15) is 17.6 Å². The summed E-state index contributed by atoms with van der Waals surface area (Å²) in [6.07, 6.45) is 1.10. The third-order valence-corrected chi connectivity index (χ3v) is 6.41. The maximum atomic E-state index is 13.8. The van der Waals surface area contributed by atoms with Gasteiger partial charge in [-0.25, -0.2) is 4.39 Å². The first-order valence-electron chi connectivity index (χ1n) is 9.10. The molecule has 1 aliphatic rings. The van der Waals surface area contributed by atoms with E-state index in [-0.39, 0.29) is 17.6 Å². The third kappa shape index (κ3) is 4.59. The average Bonchev–Trinajstić information content (AvgIpc) is 3.04. The first-order valence-corrected chi connectivity index (χ1v) is 10.5. The molecule has 0 saturated heterocycles. The van der Waals surface area contributed by atoms with Crippen molar-refractivity contribution < 1.29 is 26.5 Å². The Morgan fingerprint density at radius 1 is 1.21 bits per heavy atom. The molecule has 150 valence electrons. The molecular weight excluding hydrogens is 383 g/mol. The van der Waals surface area contributed by atoms with Crippen LogP contribution in [0.25, 0.3) is 0 Å². The van der Waals surface area contributed by atoms with E-state index in [1.165, 1.54) is 31.2 Å². The molecule has 0 aromatic heterocycles. The number of rotatable bonds is 6. The third-order valence-electron chi connectivity index (χ3n) is 5.13. The van der Waals surface area contributed by atoms with Gasteiger partial charge in [-0.2, -0.15) is 8.42 Å². The van der Waals surface area contributed by atoms with Crippen molar-refractivity contribution in [3.8, 4) is 0 Å². The summed E-state index contributed by atoms with van der Waals surface area (Å²) in [5.74, 6) is -0.803. The van der Waals surface area contributed by atoms with E-state index in [1.54, 1.807) is 24.3 Å². The second kappa shape index (κ2) is 8.01. The van der Waals surface area contributed by atoms with Crippen molar-refractivity contribution >= 4 is 16.1 Å². The van der Waals surface area contributed by atoms with E-state index in [2.05, 4.69) is 0 Å². The summed E-state index contributed by atoms with van der Waals surface area (Å²) in [7, 11) is -3.96. The molecule has 1 aliphatic carbocycles. The van der Waals surface area contributed by atoms with Gasteiger partial charge < -0.3 is 4.74 Å². The predicted octanol–water partition coefficient (Wildman–Crippen LogP) is 3.89. The van der Waals surface area contributed by atoms with Gasteiger partial charge in [-0.3, -0.25) is 8.98 Å². The zero-order valence-electron chi connectivity index (χ0n) is 15.9. The number of carbonyl (C=O) groups is 1. The summed E-state index contributed by atoms with van der Waals surface area (Å²) >= 11 is 0. The van der Waals surface area contributed by atoms with Crippen molar-refractivity contribution in [1.29, 1.82) is 0 Å². The average molecular weight is 406 g/mol. The number of ether oxygens (including phenoxy) is 1. The molecule has 0 aliphatic heterocycles. The number of hydrogen-bond donors (Lipinski definition) is 0. The number of aryl methyl sites for hydroxylation is 1. The van der Waals surface area contributed by atoms with Crippen LogP contribution in [0.15, 0.2) is 53.4 Å². The highest BCUT2D eigenvalue weighted by atomic mass is 32.2. The molecule has 2 atom stereocenters. The second-order valence-corrected chi connectivity index (χ2v) is 8.91. The minimum Gasteiger partial charge on any atom is -0.463 e. The summed E-state index contributed by atoms with van der Waals surface area (Å²) in [5, 5.41) is 0. The lowest BCUT2D eigenvalue weighted by Gasteiger charge is -2.29. The van der Waals surface area contributed by atoms with Crippen molar-refractivity contribution in [2.24, 2.45) is 0 Å². The molecule has 0 radical (unpaired) electrons. The molecule has 0 N–H and O–H groups in total. The van der Waals surface area contributed by atoms with Crippen LogP contribution in [0.3, 0.4) is 0 Å². The Kier molecular flexibility index (Phi) is 5.86. The highest BCUT2D eigenvalue weighted by Gasteiger charge is 2.43. The van der Waals surface area contributed by atoms with E-state index < -0.39 is 27.3 Å². The van der Waals surface area contributed by atoms with E-state index in [4.69, 9.17) is 8.92 Å². The minimum atomic E-state index is -3.96. The van der Waals surface area contributed by atoms with Crippen LogP contribution in [0.1, 0.15) is 37.3 Å². The lowest BCUT2D eigenvalue weighted by atomic mass is 9.79. The van der Waals surface area contributed by atoms with Crippen LogP contribution < -0.4 is 0 Å². The fourth-order valence-corrected chi connectivity index (χ4v) is 4.66. The SMILES string of the molecule is CC(=O)OC1CC[C@@](COS(=O)(=O)c2ccc(C)cc2)(c2cccc(F)c2)C1. The van der Waals surface area contributed by atoms with Gasteiger partial charge in [-0.15, -0.1) is 0 Å². The molecule has 7 heteroatoms. The quantitative estimate of drug-likeness (QED) is 0.538. The van der Waals surface area contributed by atoms with Gasteiger partial charge in [0.15, 0.2) is 0 Å². The fraction of sp³-hybridized carbons (Fsp3) is 0.381. The number of benzene rings is 2.